The van der Waals surface area contributed by atoms with Gasteiger partial charge in [-0.3, -0.25) is 13.8 Å². The highest BCUT2D eigenvalue weighted by Crippen LogP contribution is 2.43. The molecule has 0 spiro atoms. The minimum atomic E-state index is -4.42. The third-order valence-electron chi connectivity index (χ3n) is 7.87. The van der Waals surface area contributed by atoms with E-state index >= 15 is 0 Å². The topological polar surface area (TPSA) is 134 Å². The summed E-state index contributed by atoms with van der Waals surface area (Å²) in [6.45, 7) is 3.40. The predicted molar refractivity (Wildman–Crippen MR) is 219 cm³/mol. The van der Waals surface area contributed by atoms with Gasteiger partial charge in [-0.15, -0.1) is 0 Å². The maximum atomic E-state index is 12.4. The van der Waals surface area contributed by atoms with Crippen LogP contribution in [0.2, 0.25) is 0 Å². The van der Waals surface area contributed by atoms with Gasteiger partial charge in [0.05, 0.1) is 13.2 Å². The third kappa shape index (κ3) is 38.7. The fourth-order valence-electron chi connectivity index (χ4n) is 4.93. The predicted octanol–water partition coefficient (Wildman–Crippen LogP) is 11.3. The molecule has 0 rings (SSSR count). The van der Waals surface area contributed by atoms with E-state index in [1.165, 1.54) is 70.3 Å². The molecule has 0 radical (unpaired) electrons. The summed E-state index contributed by atoms with van der Waals surface area (Å²) in [6, 6.07) is 0. The first-order valence-electron chi connectivity index (χ1n) is 20.1. The quantitative estimate of drug-likeness (QED) is 0.0160. The van der Waals surface area contributed by atoms with Crippen LogP contribution in [0.15, 0.2) is 85.1 Å². The third-order valence-corrected chi connectivity index (χ3v) is 8.86. The van der Waals surface area contributed by atoms with Crippen LogP contribution in [0.1, 0.15) is 142 Å². The van der Waals surface area contributed by atoms with Crippen molar-refractivity contribution in [3.05, 3.63) is 85.1 Å². The summed E-state index contributed by atoms with van der Waals surface area (Å²) in [5, 5.41) is 0. The van der Waals surface area contributed by atoms with E-state index in [1.807, 2.05) is 12.2 Å². The lowest BCUT2D eigenvalue weighted by Gasteiger charge is -2.19. The first-order valence-corrected chi connectivity index (χ1v) is 21.6. The van der Waals surface area contributed by atoms with Gasteiger partial charge in [0.25, 0.3) is 0 Å². The maximum Gasteiger partial charge on any atom is 0.472 e. The van der Waals surface area contributed by atoms with Crippen molar-refractivity contribution in [3.63, 3.8) is 0 Å². The van der Waals surface area contributed by atoms with E-state index in [0.717, 1.165) is 44.9 Å². The van der Waals surface area contributed by atoms with Crippen LogP contribution >= 0.6 is 7.82 Å². The van der Waals surface area contributed by atoms with Crippen molar-refractivity contribution in [1.82, 2.24) is 0 Å². The van der Waals surface area contributed by atoms with Gasteiger partial charge < -0.3 is 20.1 Å². The van der Waals surface area contributed by atoms with E-state index in [1.54, 1.807) is 12.2 Å². The molecule has 2 atom stereocenters. The van der Waals surface area contributed by atoms with Gasteiger partial charge in [-0.1, -0.05) is 157 Å². The van der Waals surface area contributed by atoms with Gasteiger partial charge in [0.2, 0.25) is 0 Å². The standard InChI is InChI=1S/C43H72NO8P/c1-3-5-7-9-11-13-15-17-19-20-22-23-25-27-29-31-33-35-42(45)49-39-41(40-51-53(47,48)50-38-37-44)52-43(46)36-34-32-30-28-26-24-21-18-16-14-12-10-8-6-4-2/h5,7,11,13,17,19,22-23,27,29-30,32,34,36,41H,3-4,6,8-10,12,14-16,18,20-21,24-26,28,31,33,35,37-40,44H2,1-2H3,(H,47,48)/b7-5+,13-11+,19-17+,23-22+,29-27+,32-30+,36-34+/t41-/m1/s1. The zero-order chi connectivity index (χ0) is 38.9. The molecule has 0 aliphatic carbocycles. The molecule has 0 amide bonds. The van der Waals surface area contributed by atoms with Gasteiger partial charge in [-0.2, -0.15) is 0 Å². The molecule has 1 unspecified atom stereocenters. The average molecular weight is 762 g/mol. The molecule has 3 N–H and O–H groups in total. The summed E-state index contributed by atoms with van der Waals surface area (Å²) in [4.78, 5) is 34.6. The molecule has 53 heavy (non-hydrogen) atoms. The van der Waals surface area contributed by atoms with Crippen molar-refractivity contribution in [1.29, 1.82) is 0 Å². The monoisotopic (exact) mass is 761 g/mol. The number of carbonyl (C=O) groups excluding carboxylic acids is 2. The van der Waals surface area contributed by atoms with E-state index in [0.29, 0.717) is 12.8 Å². The van der Waals surface area contributed by atoms with E-state index in [-0.39, 0.29) is 26.2 Å². The molecule has 0 bridgehead atoms. The summed E-state index contributed by atoms with van der Waals surface area (Å²) < 4.78 is 32.4. The molecule has 0 saturated carbocycles. The summed E-state index contributed by atoms with van der Waals surface area (Å²) >= 11 is 0. The van der Waals surface area contributed by atoms with Gasteiger partial charge in [0, 0.05) is 19.0 Å². The highest BCUT2D eigenvalue weighted by Gasteiger charge is 2.25. The highest BCUT2D eigenvalue weighted by atomic mass is 31.2. The van der Waals surface area contributed by atoms with Crippen molar-refractivity contribution in [2.24, 2.45) is 5.73 Å². The van der Waals surface area contributed by atoms with Crippen molar-refractivity contribution in [2.45, 2.75) is 148 Å². The fourth-order valence-corrected chi connectivity index (χ4v) is 5.69. The Kier molecular flexibility index (Phi) is 36.8. The number of rotatable bonds is 36. The van der Waals surface area contributed by atoms with Gasteiger partial charge >= 0.3 is 19.8 Å². The molecule has 0 aromatic rings. The number of allylic oxidation sites excluding steroid dienone is 13. The number of hydrogen-bond acceptors (Lipinski definition) is 8. The lowest BCUT2D eigenvalue weighted by Crippen LogP contribution is -2.29. The van der Waals surface area contributed by atoms with Gasteiger partial charge in [-0.25, -0.2) is 9.36 Å². The van der Waals surface area contributed by atoms with E-state index in [4.69, 9.17) is 24.3 Å². The summed E-state index contributed by atoms with van der Waals surface area (Å²) in [5.41, 5.74) is 5.32. The average Bonchev–Trinajstić information content (AvgIpc) is 3.14. The number of carbonyl (C=O) groups is 2. The second-order valence-electron chi connectivity index (χ2n) is 12.8. The highest BCUT2D eigenvalue weighted by molar-refractivity contribution is 7.47. The normalized spacial score (nSPS) is 14.3. The van der Waals surface area contributed by atoms with Crippen LogP contribution in [-0.4, -0.2) is 49.3 Å². The second-order valence-corrected chi connectivity index (χ2v) is 14.3. The van der Waals surface area contributed by atoms with Gasteiger partial charge in [0.15, 0.2) is 6.10 Å². The molecule has 0 aromatic carbocycles. The molecular weight excluding hydrogens is 689 g/mol. The number of unbranched alkanes of at least 4 members (excludes halogenated alkanes) is 12. The molecule has 0 fully saturated rings. The van der Waals surface area contributed by atoms with Gasteiger partial charge in [-0.05, 0) is 57.8 Å². The lowest BCUT2D eigenvalue weighted by atomic mass is 10.1. The number of phosphoric acid groups is 1. The summed E-state index contributed by atoms with van der Waals surface area (Å²) in [6.07, 6.45) is 48.3. The number of esters is 2. The minimum absolute atomic E-state index is 0.0289. The van der Waals surface area contributed by atoms with Crippen LogP contribution in [0.4, 0.5) is 0 Å². The fraction of sp³-hybridized carbons (Fsp3) is 0.628. The van der Waals surface area contributed by atoms with Crippen LogP contribution in [-0.2, 0) is 32.7 Å². The zero-order valence-corrected chi connectivity index (χ0v) is 33.9. The number of nitrogens with two attached hydrogens (primary N) is 1. The van der Waals surface area contributed by atoms with Crippen molar-refractivity contribution in [3.8, 4) is 0 Å². The van der Waals surface area contributed by atoms with Crippen LogP contribution < -0.4 is 5.73 Å². The molecule has 302 valence electrons. The first kappa shape index (κ1) is 50.2. The van der Waals surface area contributed by atoms with Gasteiger partial charge in [0.1, 0.15) is 6.61 Å². The Labute approximate surface area is 322 Å². The molecule has 0 aromatic heterocycles. The van der Waals surface area contributed by atoms with E-state index < -0.39 is 32.5 Å². The summed E-state index contributed by atoms with van der Waals surface area (Å²) in [7, 11) is -4.42. The Hall–Kier alpha value is -2.81. The number of hydrogen-bond donors (Lipinski definition) is 2. The molecule has 0 saturated heterocycles. The molecule has 10 heteroatoms. The van der Waals surface area contributed by atoms with Crippen LogP contribution in [0.3, 0.4) is 0 Å². The van der Waals surface area contributed by atoms with Crippen LogP contribution in [0.25, 0.3) is 0 Å². The maximum absolute atomic E-state index is 12.4. The Morgan fingerprint density at radius 3 is 1.74 bits per heavy atom. The van der Waals surface area contributed by atoms with E-state index in [2.05, 4.69) is 68.5 Å². The van der Waals surface area contributed by atoms with Crippen molar-refractivity contribution < 1.29 is 37.6 Å². The lowest BCUT2D eigenvalue weighted by molar-refractivity contribution is -0.157. The van der Waals surface area contributed by atoms with Crippen LogP contribution in [0, 0.1) is 0 Å². The first-order chi connectivity index (χ1) is 25.8. The molecular formula is C43H72NO8P. The smallest absolute Gasteiger partial charge is 0.462 e. The minimum Gasteiger partial charge on any atom is -0.462 e. The summed E-state index contributed by atoms with van der Waals surface area (Å²) in [5.74, 6) is -1.16. The Morgan fingerprint density at radius 2 is 1.17 bits per heavy atom. The number of phosphoric ester groups is 1. The Bertz CT molecular complexity index is 1140. The molecule has 0 heterocycles. The molecule has 0 aliphatic rings. The zero-order valence-electron chi connectivity index (χ0n) is 33.0. The molecule has 9 nitrogen and oxygen atoms in total. The van der Waals surface area contributed by atoms with E-state index in [9.17, 15) is 19.0 Å². The Morgan fingerprint density at radius 1 is 0.642 bits per heavy atom. The molecule has 0 aliphatic heterocycles. The number of ether oxygens (including phenoxy) is 2. The van der Waals surface area contributed by atoms with Crippen molar-refractivity contribution >= 4 is 19.8 Å². The van der Waals surface area contributed by atoms with Crippen LogP contribution in [0.5, 0.6) is 0 Å². The Balaban J connectivity index is 4.42. The second kappa shape index (κ2) is 38.9. The van der Waals surface area contributed by atoms with Crippen molar-refractivity contribution in [2.75, 3.05) is 26.4 Å². The SMILES string of the molecule is CC/C=C/C/C=C/C/C=C/C/C=C/C/C=C/CCCC(=O)OC[C@H](COP(=O)(O)OCCN)OC(=O)/C=C/C=C/CCCCCCCCCCCCC. The largest absolute Gasteiger partial charge is 0.472 e.